The van der Waals surface area contributed by atoms with Crippen LogP contribution in [0.15, 0.2) is 34.8 Å². The van der Waals surface area contributed by atoms with E-state index in [2.05, 4.69) is 9.72 Å². The van der Waals surface area contributed by atoms with E-state index in [0.717, 1.165) is 15.6 Å². The summed E-state index contributed by atoms with van der Waals surface area (Å²) in [6.07, 6.45) is 3.01. The first kappa shape index (κ1) is 15.5. The number of rotatable bonds is 4. The van der Waals surface area contributed by atoms with E-state index in [0.29, 0.717) is 11.3 Å². The van der Waals surface area contributed by atoms with Crippen molar-refractivity contribution < 1.29 is 17.9 Å². The Bertz CT molecular complexity index is 754. The molecule has 112 valence electrons. The summed E-state index contributed by atoms with van der Waals surface area (Å²) >= 11 is 1.06. The number of hydrogen-bond acceptors (Lipinski definition) is 6. The maximum Gasteiger partial charge on any atom is 0.349 e. The van der Waals surface area contributed by atoms with Gasteiger partial charge < -0.3 is 4.74 Å². The summed E-state index contributed by atoms with van der Waals surface area (Å²) < 4.78 is 31.3. The van der Waals surface area contributed by atoms with Crippen molar-refractivity contribution in [3.63, 3.8) is 0 Å². The van der Waals surface area contributed by atoms with Crippen LogP contribution in [0.3, 0.4) is 0 Å². The Morgan fingerprint density at radius 2 is 1.95 bits per heavy atom. The Kier molecular flexibility index (Phi) is 4.29. The second-order valence-electron chi connectivity index (χ2n) is 4.25. The number of aryl methyl sites for hydroxylation is 1. The molecule has 2 rings (SSSR count). The smallest absolute Gasteiger partial charge is 0.349 e. The van der Waals surface area contributed by atoms with Crippen LogP contribution in [0.2, 0.25) is 0 Å². The highest BCUT2D eigenvalue weighted by Gasteiger charge is 2.31. The fourth-order valence-electron chi connectivity index (χ4n) is 1.82. The molecule has 2 aromatic heterocycles. The van der Waals surface area contributed by atoms with E-state index in [1.165, 1.54) is 26.6 Å². The van der Waals surface area contributed by atoms with Crippen molar-refractivity contribution in [2.24, 2.45) is 0 Å². The lowest BCUT2D eigenvalue weighted by molar-refractivity contribution is 0.0602. The molecule has 0 fully saturated rings. The minimum absolute atomic E-state index is 0.0151. The van der Waals surface area contributed by atoms with Gasteiger partial charge in [0.15, 0.2) is 0 Å². The van der Waals surface area contributed by atoms with Crippen molar-refractivity contribution in [1.29, 1.82) is 0 Å². The Labute approximate surface area is 127 Å². The number of hydrogen-bond donors (Lipinski definition) is 0. The van der Waals surface area contributed by atoms with Crippen molar-refractivity contribution in [2.45, 2.75) is 11.8 Å². The van der Waals surface area contributed by atoms with Gasteiger partial charge in [-0.2, -0.15) is 0 Å². The largest absolute Gasteiger partial charge is 0.465 e. The summed E-state index contributed by atoms with van der Waals surface area (Å²) in [7, 11) is -1.19. The second-order valence-corrected chi connectivity index (χ2v) is 7.03. The van der Waals surface area contributed by atoms with Crippen molar-refractivity contribution in [1.82, 2.24) is 4.98 Å². The zero-order chi connectivity index (χ0) is 15.6. The first-order valence-electron chi connectivity index (χ1n) is 5.95. The van der Waals surface area contributed by atoms with E-state index in [1.807, 2.05) is 0 Å². The summed E-state index contributed by atoms with van der Waals surface area (Å²) in [5.74, 6) is -0.658. The highest BCUT2D eigenvalue weighted by atomic mass is 32.2. The van der Waals surface area contributed by atoms with Gasteiger partial charge in [0.2, 0.25) is 0 Å². The zero-order valence-corrected chi connectivity index (χ0v) is 13.4. The van der Waals surface area contributed by atoms with Crippen LogP contribution >= 0.6 is 11.3 Å². The number of methoxy groups -OCH3 is 1. The first-order valence-corrected chi connectivity index (χ1v) is 8.27. The SMILES string of the molecule is COC(=O)c1scc(C)c1S(=O)(=O)N(C)c1ccncc1. The van der Waals surface area contributed by atoms with Gasteiger partial charge >= 0.3 is 5.97 Å². The molecule has 2 aromatic rings. The van der Waals surface area contributed by atoms with Crippen LogP contribution in [0.1, 0.15) is 15.2 Å². The van der Waals surface area contributed by atoms with Crippen LogP contribution in [0, 0.1) is 6.92 Å². The van der Waals surface area contributed by atoms with Crippen LogP contribution in [0.25, 0.3) is 0 Å². The molecule has 0 bridgehead atoms. The molecular formula is C13H14N2O4S2. The molecule has 0 radical (unpaired) electrons. The Morgan fingerprint density at radius 3 is 2.52 bits per heavy atom. The van der Waals surface area contributed by atoms with Crippen LogP contribution in [-0.2, 0) is 14.8 Å². The Balaban J connectivity index is 2.55. The average Bonchev–Trinajstić information content (AvgIpc) is 2.89. The summed E-state index contributed by atoms with van der Waals surface area (Å²) in [5, 5.41) is 1.62. The fraction of sp³-hybridized carbons (Fsp3) is 0.231. The number of aromatic nitrogens is 1. The topological polar surface area (TPSA) is 76.6 Å². The molecule has 0 aliphatic carbocycles. The van der Waals surface area contributed by atoms with Gasteiger partial charge in [0.1, 0.15) is 9.77 Å². The fourth-order valence-corrected chi connectivity index (χ4v) is 4.67. The van der Waals surface area contributed by atoms with E-state index in [-0.39, 0.29) is 9.77 Å². The third kappa shape index (κ3) is 2.77. The minimum Gasteiger partial charge on any atom is -0.465 e. The lowest BCUT2D eigenvalue weighted by Gasteiger charge is -2.19. The van der Waals surface area contributed by atoms with Crippen molar-refractivity contribution in [2.75, 3.05) is 18.5 Å². The lowest BCUT2D eigenvalue weighted by atomic mass is 10.3. The number of carbonyl (C=O) groups is 1. The molecule has 0 atom stereocenters. The molecule has 0 aliphatic heterocycles. The number of ether oxygens (including phenoxy) is 1. The normalized spacial score (nSPS) is 11.2. The summed E-state index contributed by atoms with van der Waals surface area (Å²) in [6.45, 7) is 1.65. The van der Waals surface area contributed by atoms with Crippen LogP contribution in [0.4, 0.5) is 5.69 Å². The van der Waals surface area contributed by atoms with Crippen molar-refractivity contribution in [3.8, 4) is 0 Å². The zero-order valence-electron chi connectivity index (χ0n) is 11.7. The molecule has 8 heteroatoms. The van der Waals surface area contributed by atoms with Crippen LogP contribution in [-0.4, -0.2) is 33.5 Å². The summed E-state index contributed by atoms with van der Waals surface area (Å²) in [6, 6.07) is 3.16. The number of nitrogens with zero attached hydrogens (tertiary/aromatic N) is 2. The van der Waals surface area contributed by atoms with Crippen molar-refractivity contribution in [3.05, 3.63) is 40.3 Å². The Hall–Kier alpha value is -1.93. The van der Waals surface area contributed by atoms with Gasteiger partial charge in [-0.05, 0) is 30.0 Å². The predicted molar refractivity (Wildman–Crippen MR) is 80.2 cm³/mol. The Morgan fingerprint density at radius 1 is 1.33 bits per heavy atom. The molecule has 21 heavy (non-hydrogen) atoms. The number of pyridine rings is 1. The highest BCUT2D eigenvalue weighted by molar-refractivity contribution is 7.93. The van der Waals surface area contributed by atoms with Gasteiger partial charge in [0.25, 0.3) is 10.0 Å². The number of thiophene rings is 1. The van der Waals surface area contributed by atoms with Crippen LogP contribution in [0.5, 0.6) is 0 Å². The van der Waals surface area contributed by atoms with Gasteiger partial charge in [-0.3, -0.25) is 9.29 Å². The third-order valence-electron chi connectivity index (χ3n) is 2.93. The van der Waals surface area contributed by atoms with E-state index < -0.39 is 16.0 Å². The average molecular weight is 326 g/mol. The number of carbonyl (C=O) groups excluding carboxylic acids is 1. The molecule has 0 aliphatic rings. The summed E-state index contributed by atoms with van der Waals surface area (Å²) in [5.41, 5.74) is 0.979. The molecule has 0 N–H and O–H groups in total. The van der Waals surface area contributed by atoms with E-state index in [9.17, 15) is 13.2 Å². The van der Waals surface area contributed by atoms with Gasteiger partial charge in [-0.15, -0.1) is 11.3 Å². The van der Waals surface area contributed by atoms with E-state index >= 15 is 0 Å². The van der Waals surface area contributed by atoms with Gasteiger partial charge in [0.05, 0.1) is 12.8 Å². The molecule has 2 heterocycles. The first-order chi connectivity index (χ1) is 9.89. The molecule has 0 saturated carbocycles. The third-order valence-corrected chi connectivity index (χ3v) is 6.11. The van der Waals surface area contributed by atoms with Crippen LogP contribution < -0.4 is 4.31 Å². The second kappa shape index (κ2) is 5.82. The quantitative estimate of drug-likeness (QED) is 0.804. The number of sulfonamides is 1. The molecule has 0 amide bonds. The maximum atomic E-state index is 12.8. The number of esters is 1. The molecule has 0 unspecified atom stereocenters. The lowest BCUT2D eigenvalue weighted by Crippen LogP contribution is -2.28. The maximum absolute atomic E-state index is 12.8. The van der Waals surface area contributed by atoms with Gasteiger partial charge in [-0.25, -0.2) is 13.2 Å². The summed E-state index contributed by atoms with van der Waals surface area (Å²) in [4.78, 5) is 15.7. The predicted octanol–water partition coefficient (Wildman–Crippen LogP) is 2.06. The van der Waals surface area contributed by atoms with Gasteiger partial charge in [-0.1, -0.05) is 0 Å². The van der Waals surface area contributed by atoms with E-state index in [1.54, 1.807) is 24.4 Å². The standard InChI is InChI=1S/C13H14N2O4S2/c1-9-8-20-11(13(16)19-3)12(9)21(17,18)15(2)10-4-6-14-7-5-10/h4-8H,1-3H3. The van der Waals surface area contributed by atoms with Gasteiger partial charge in [0, 0.05) is 19.4 Å². The highest BCUT2D eigenvalue weighted by Crippen LogP contribution is 2.31. The monoisotopic (exact) mass is 326 g/mol. The van der Waals surface area contributed by atoms with Crippen molar-refractivity contribution >= 4 is 33.0 Å². The molecule has 0 spiro atoms. The number of anilines is 1. The molecule has 6 nitrogen and oxygen atoms in total. The molecular weight excluding hydrogens is 312 g/mol. The minimum atomic E-state index is -3.85. The molecule has 0 aromatic carbocycles. The van der Waals surface area contributed by atoms with E-state index in [4.69, 9.17) is 0 Å². The molecule has 0 saturated heterocycles.